The lowest BCUT2D eigenvalue weighted by molar-refractivity contribution is 0.668. The summed E-state index contributed by atoms with van der Waals surface area (Å²) in [5, 5.41) is 2.06. The number of nitrogens with zero attached hydrogens (tertiary/aromatic N) is 2. The fraction of sp³-hybridized carbons (Fsp3) is 0. The Hall–Kier alpha value is -5.93. The first-order chi connectivity index (χ1) is 21.8. The molecule has 0 fully saturated rings. The molecule has 8 rings (SSSR count). The fourth-order valence-electron chi connectivity index (χ4n) is 5.93. The Bertz CT molecular complexity index is 2180. The van der Waals surface area contributed by atoms with Crippen molar-refractivity contribution in [2.24, 2.45) is 0 Å². The van der Waals surface area contributed by atoms with Gasteiger partial charge in [-0.15, -0.1) is 0 Å². The van der Waals surface area contributed by atoms with Crippen LogP contribution in [0.2, 0.25) is 0 Å². The zero-order valence-corrected chi connectivity index (χ0v) is 24.0. The first-order valence-electron chi connectivity index (χ1n) is 14.8. The number of hydrogen-bond donors (Lipinski definition) is 0. The second kappa shape index (κ2) is 11.0. The molecule has 0 aliphatic carbocycles. The Morgan fingerprint density at radius 2 is 0.818 bits per heavy atom. The van der Waals surface area contributed by atoms with Gasteiger partial charge in [0.25, 0.3) is 0 Å². The molecule has 44 heavy (non-hydrogen) atoms. The molecule has 208 valence electrons. The molecule has 2 heterocycles. The molecule has 3 heteroatoms. The van der Waals surface area contributed by atoms with Crippen LogP contribution >= 0.6 is 0 Å². The molecule has 0 amide bonds. The Labute approximate surface area is 256 Å². The zero-order chi connectivity index (χ0) is 29.3. The molecule has 0 aliphatic rings. The molecule has 0 atom stereocenters. The highest BCUT2D eigenvalue weighted by atomic mass is 16.3. The maximum absolute atomic E-state index is 6.46. The summed E-state index contributed by atoms with van der Waals surface area (Å²) in [6.07, 6.45) is 3.79. The molecular formula is C41H28N2O. The Balaban J connectivity index is 1.21. The fourth-order valence-corrected chi connectivity index (χ4v) is 5.93. The van der Waals surface area contributed by atoms with Crippen LogP contribution in [0.4, 0.5) is 17.1 Å². The number of benzene rings is 6. The predicted octanol–water partition coefficient (Wildman–Crippen LogP) is 11.5. The molecule has 8 aromatic rings. The van der Waals surface area contributed by atoms with Crippen LogP contribution in [-0.2, 0) is 0 Å². The van der Waals surface area contributed by atoms with Gasteiger partial charge < -0.3 is 9.32 Å². The largest absolute Gasteiger partial charge is 0.454 e. The minimum absolute atomic E-state index is 0.814. The number of pyridine rings is 1. The molecule has 6 aromatic carbocycles. The summed E-state index contributed by atoms with van der Waals surface area (Å²) in [7, 11) is 0. The van der Waals surface area contributed by atoms with Crippen LogP contribution in [0.5, 0.6) is 0 Å². The molecular weight excluding hydrogens is 536 g/mol. The first kappa shape index (κ1) is 25.8. The van der Waals surface area contributed by atoms with Crippen LogP contribution in [0.1, 0.15) is 0 Å². The lowest BCUT2D eigenvalue weighted by atomic mass is 10.00. The van der Waals surface area contributed by atoms with E-state index < -0.39 is 0 Å². The van der Waals surface area contributed by atoms with Gasteiger partial charge in [-0.05, 0) is 63.7 Å². The summed E-state index contributed by atoms with van der Waals surface area (Å²) in [4.78, 5) is 6.90. The van der Waals surface area contributed by atoms with Gasteiger partial charge in [-0.2, -0.15) is 0 Å². The average molecular weight is 565 g/mol. The number of rotatable bonds is 6. The van der Waals surface area contributed by atoms with Gasteiger partial charge in [0, 0.05) is 28.3 Å². The SMILES string of the molecule is c1ccc(-c2ccc(-c3ccc(N(c4ccc(-c5ccccc5)cc4)c4cncc5c4oc4ccccc45)cc3)cc2)cc1. The number of aromatic nitrogens is 1. The summed E-state index contributed by atoms with van der Waals surface area (Å²) in [6, 6.07) is 55.2. The van der Waals surface area contributed by atoms with E-state index in [9.17, 15) is 0 Å². The van der Waals surface area contributed by atoms with Gasteiger partial charge in [0.2, 0.25) is 0 Å². The quantitative estimate of drug-likeness (QED) is 0.201. The van der Waals surface area contributed by atoms with Gasteiger partial charge in [-0.1, -0.05) is 127 Å². The van der Waals surface area contributed by atoms with Gasteiger partial charge in [-0.25, -0.2) is 0 Å². The molecule has 2 aromatic heterocycles. The summed E-state index contributed by atoms with van der Waals surface area (Å²) < 4.78 is 6.46. The van der Waals surface area contributed by atoms with Crippen molar-refractivity contribution in [2.75, 3.05) is 4.90 Å². The number of furan rings is 1. The predicted molar refractivity (Wildman–Crippen MR) is 183 cm³/mol. The van der Waals surface area contributed by atoms with E-state index in [1.807, 2.05) is 42.7 Å². The third kappa shape index (κ3) is 4.71. The van der Waals surface area contributed by atoms with Gasteiger partial charge in [0.05, 0.1) is 6.20 Å². The maximum atomic E-state index is 6.46. The highest BCUT2D eigenvalue weighted by Gasteiger charge is 2.20. The Morgan fingerprint density at radius 3 is 1.34 bits per heavy atom. The van der Waals surface area contributed by atoms with Crippen molar-refractivity contribution in [1.29, 1.82) is 0 Å². The average Bonchev–Trinajstić information content (AvgIpc) is 3.50. The highest BCUT2D eigenvalue weighted by molar-refractivity contribution is 6.09. The zero-order valence-electron chi connectivity index (χ0n) is 24.0. The van der Waals surface area contributed by atoms with Crippen LogP contribution < -0.4 is 4.90 Å². The lowest BCUT2D eigenvalue weighted by Gasteiger charge is -2.25. The first-order valence-corrected chi connectivity index (χ1v) is 14.8. The number of fused-ring (bicyclic) bond motifs is 3. The molecule has 0 bridgehead atoms. The summed E-state index contributed by atoms with van der Waals surface area (Å²) in [5.74, 6) is 0. The molecule has 3 nitrogen and oxygen atoms in total. The van der Waals surface area contributed by atoms with Crippen LogP contribution in [0.25, 0.3) is 55.3 Å². The monoisotopic (exact) mass is 564 g/mol. The highest BCUT2D eigenvalue weighted by Crippen LogP contribution is 2.42. The van der Waals surface area contributed by atoms with Crippen LogP contribution in [0.3, 0.4) is 0 Å². The summed E-state index contributed by atoms with van der Waals surface area (Å²) in [5.41, 5.74) is 11.7. The van der Waals surface area contributed by atoms with Crippen LogP contribution in [0.15, 0.2) is 175 Å². The van der Waals surface area contributed by atoms with E-state index in [2.05, 4.69) is 137 Å². The van der Waals surface area contributed by atoms with E-state index in [-0.39, 0.29) is 0 Å². The molecule has 0 N–H and O–H groups in total. The van der Waals surface area contributed by atoms with E-state index in [0.29, 0.717) is 0 Å². The van der Waals surface area contributed by atoms with E-state index in [0.717, 1.165) is 44.6 Å². The second-order valence-electron chi connectivity index (χ2n) is 10.9. The molecule has 0 aliphatic heterocycles. The smallest absolute Gasteiger partial charge is 0.162 e. The van der Waals surface area contributed by atoms with Gasteiger partial charge in [0.15, 0.2) is 5.58 Å². The van der Waals surface area contributed by atoms with Crippen LogP contribution in [-0.4, -0.2) is 4.98 Å². The van der Waals surface area contributed by atoms with Crippen molar-refractivity contribution in [3.8, 4) is 33.4 Å². The topological polar surface area (TPSA) is 29.3 Å². The van der Waals surface area contributed by atoms with E-state index >= 15 is 0 Å². The van der Waals surface area contributed by atoms with Crippen molar-refractivity contribution < 1.29 is 4.42 Å². The molecule has 0 saturated carbocycles. The minimum atomic E-state index is 0.814. The summed E-state index contributed by atoms with van der Waals surface area (Å²) in [6.45, 7) is 0. The van der Waals surface area contributed by atoms with Gasteiger partial charge in [-0.3, -0.25) is 4.98 Å². The molecule has 0 spiro atoms. The normalized spacial score (nSPS) is 11.2. The Kier molecular flexibility index (Phi) is 6.47. The van der Waals surface area contributed by atoms with Crippen molar-refractivity contribution in [1.82, 2.24) is 4.98 Å². The molecule has 0 saturated heterocycles. The van der Waals surface area contributed by atoms with Crippen molar-refractivity contribution >= 4 is 39.0 Å². The lowest BCUT2D eigenvalue weighted by Crippen LogP contribution is -2.10. The van der Waals surface area contributed by atoms with Crippen molar-refractivity contribution in [3.05, 3.63) is 170 Å². The van der Waals surface area contributed by atoms with Crippen molar-refractivity contribution in [2.45, 2.75) is 0 Å². The maximum Gasteiger partial charge on any atom is 0.162 e. The number of hydrogen-bond acceptors (Lipinski definition) is 3. The molecule has 0 unspecified atom stereocenters. The standard InChI is InChI=1S/C41H28N2O/c1-3-9-29(10-4-1)31-15-17-32(18-16-31)34-21-25-36(26-22-34)43(35-23-19-33(20-24-35)30-11-5-2-6-12-30)39-28-42-27-38-37-13-7-8-14-40(37)44-41(38)39/h1-28H. The number of para-hydroxylation sites is 1. The summed E-state index contributed by atoms with van der Waals surface area (Å²) >= 11 is 0. The van der Waals surface area contributed by atoms with Crippen LogP contribution in [0, 0.1) is 0 Å². The minimum Gasteiger partial charge on any atom is -0.454 e. The van der Waals surface area contributed by atoms with Crippen molar-refractivity contribution in [3.63, 3.8) is 0 Å². The second-order valence-corrected chi connectivity index (χ2v) is 10.9. The Morgan fingerprint density at radius 1 is 0.386 bits per heavy atom. The van der Waals surface area contributed by atoms with E-state index in [1.54, 1.807) is 0 Å². The third-order valence-corrected chi connectivity index (χ3v) is 8.19. The van der Waals surface area contributed by atoms with Gasteiger partial charge >= 0.3 is 0 Å². The van der Waals surface area contributed by atoms with Gasteiger partial charge in [0.1, 0.15) is 11.3 Å². The third-order valence-electron chi connectivity index (χ3n) is 8.19. The van der Waals surface area contributed by atoms with E-state index in [4.69, 9.17) is 4.42 Å². The van der Waals surface area contributed by atoms with E-state index in [1.165, 1.54) is 27.8 Å². The number of anilines is 3. The molecule has 0 radical (unpaired) electrons.